The predicted octanol–water partition coefficient (Wildman–Crippen LogP) is 0.464. The Kier molecular flexibility index (Phi) is 7.89. The Morgan fingerprint density at radius 3 is 2.02 bits per heavy atom. The van der Waals surface area contributed by atoms with Gasteiger partial charge in [0, 0.05) is 36.2 Å². The third-order valence-electron chi connectivity index (χ3n) is 8.12. The van der Waals surface area contributed by atoms with Crippen molar-refractivity contribution >= 4 is 49.2 Å². The van der Waals surface area contributed by atoms with E-state index in [1.165, 1.54) is 40.6 Å². The largest absolute Gasteiger partial charge is 0.487 e. The summed E-state index contributed by atoms with van der Waals surface area (Å²) in [5.41, 5.74) is 2.43. The van der Waals surface area contributed by atoms with Gasteiger partial charge >= 0.3 is 15.6 Å². The molecule has 0 aliphatic carbocycles. The zero-order valence-corrected chi connectivity index (χ0v) is 26.4. The molecule has 25 heteroatoms. The van der Waals surface area contributed by atoms with Crippen LogP contribution in [0.15, 0.2) is 55.0 Å². The molecule has 8 rings (SSSR count). The number of imidazole rings is 4. The average molecular weight is 721 g/mol. The van der Waals surface area contributed by atoms with E-state index < -0.39 is 71.8 Å². The van der Waals surface area contributed by atoms with Gasteiger partial charge < -0.3 is 29.5 Å². The van der Waals surface area contributed by atoms with Crippen LogP contribution in [0.2, 0.25) is 0 Å². The summed E-state index contributed by atoms with van der Waals surface area (Å²) in [5, 5.41) is 22.1. The number of fused-ring (bicyclic) bond motifs is 6. The van der Waals surface area contributed by atoms with Gasteiger partial charge in [0.25, 0.3) is 0 Å². The van der Waals surface area contributed by atoms with E-state index in [2.05, 4.69) is 29.9 Å². The van der Waals surface area contributed by atoms with Crippen LogP contribution in [0.4, 0.5) is 0 Å². The number of aliphatic hydroxyl groups is 2. The van der Waals surface area contributed by atoms with Gasteiger partial charge in [-0.1, -0.05) is 0 Å². The third kappa shape index (κ3) is 5.73. The zero-order chi connectivity index (χ0) is 34.1. The van der Waals surface area contributed by atoms with Crippen molar-refractivity contribution in [2.75, 3.05) is 13.2 Å². The van der Waals surface area contributed by atoms with Crippen LogP contribution in [0.5, 0.6) is 0 Å². The number of hydrogen-bond donors (Lipinski definition) is 4. The quantitative estimate of drug-likeness (QED) is 0.104. The summed E-state index contributed by atoms with van der Waals surface area (Å²) >= 11 is 0. The van der Waals surface area contributed by atoms with Gasteiger partial charge in [-0.25, -0.2) is 39.0 Å². The van der Waals surface area contributed by atoms with E-state index >= 15 is 0 Å². The zero-order valence-electron chi connectivity index (χ0n) is 24.7. The Morgan fingerprint density at radius 2 is 1.41 bits per heavy atom. The van der Waals surface area contributed by atoms with Crippen molar-refractivity contribution in [2.45, 2.75) is 49.4 Å². The number of nitrogens with zero attached hydrogens (tertiary/aromatic N) is 11. The second kappa shape index (κ2) is 12.0. The standard InChI is InChI=1S/C24H25N11O12P2/c36-13-5-12(45-23(13)34-10-27-15-19-25-1-3-32(19)8-29-21(15)34)6-44-49(41,42)47-18-14(7-43-48(39,40)31-38)46-24(17(18)37)35-11-28-16-20-26-2-4-33(20)9-30-22(16)35/h1-4,8-14,17-18,23-24,36-37H,5-7H2,(H,39,40)(H,41,42)/t12-,13+,14+,17+,18+,23+,24+/m0/s1. The minimum atomic E-state index is -5.05. The molecule has 9 atom stereocenters. The first-order valence-electron chi connectivity index (χ1n) is 14.5. The Balaban J connectivity index is 0.982. The van der Waals surface area contributed by atoms with E-state index in [4.69, 9.17) is 23.0 Å². The molecule has 258 valence electrons. The monoisotopic (exact) mass is 721 g/mol. The highest BCUT2D eigenvalue weighted by Gasteiger charge is 2.50. The van der Waals surface area contributed by atoms with Crippen molar-refractivity contribution in [1.29, 1.82) is 0 Å². The van der Waals surface area contributed by atoms with E-state index in [0.29, 0.717) is 28.0 Å². The average Bonchev–Trinajstić information content (AvgIpc) is 3.92. The molecule has 0 spiro atoms. The molecular formula is C24H25N11O12P2. The molecule has 6 aromatic heterocycles. The van der Waals surface area contributed by atoms with Crippen LogP contribution < -0.4 is 0 Å². The fraction of sp³-hybridized carbons (Fsp3) is 0.417. The minimum absolute atomic E-state index is 0.00135. The lowest BCUT2D eigenvalue weighted by Crippen LogP contribution is -2.36. The summed E-state index contributed by atoms with van der Waals surface area (Å²) in [6.45, 7) is -1.39. The van der Waals surface area contributed by atoms with Crippen LogP contribution in [0, 0.1) is 4.91 Å². The van der Waals surface area contributed by atoms with Crippen LogP contribution in [0.25, 0.3) is 33.6 Å². The summed E-state index contributed by atoms with van der Waals surface area (Å²) in [7, 11) is -10.0. The smallest absolute Gasteiger partial charge is 0.388 e. The Labute approximate surface area is 271 Å². The number of phosphoric acid groups is 1. The van der Waals surface area contributed by atoms with Gasteiger partial charge in [0.1, 0.15) is 37.1 Å². The predicted molar refractivity (Wildman–Crippen MR) is 159 cm³/mol. The van der Waals surface area contributed by atoms with Gasteiger partial charge in [-0.15, -0.1) is 4.91 Å². The van der Waals surface area contributed by atoms with E-state index in [1.807, 2.05) is 4.95 Å². The fourth-order valence-corrected chi connectivity index (χ4v) is 7.29. The van der Waals surface area contributed by atoms with Crippen molar-refractivity contribution in [1.82, 2.24) is 47.8 Å². The van der Waals surface area contributed by atoms with Gasteiger partial charge in [0.05, 0.1) is 32.0 Å². The molecule has 23 nitrogen and oxygen atoms in total. The first-order valence-corrected chi connectivity index (χ1v) is 17.5. The number of ether oxygens (including phenoxy) is 2. The molecule has 0 amide bonds. The van der Waals surface area contributed by atoms with E-state index in [9.17, 15) is 34.0 Å². The molecule has 6 aromatic rings. The van der Waals surface area contributed by atoms with Crippen molar-refractivity contribution in [2.24, 2.45) is 4.95 Å². The highest BCUT2D eigenvalue weighted by molar-refractivity contribution is 7.51. The number of hydrogen-bond acceptors (Lipinski definition) is 16. The number of nitroso groups, excluding NO2 is 1. The summed E-state index contributed by atoms with van der Waals surface area (Å²) in [6.07, 6.45) is 2.95. The molecule has 2 unspecified atom stereocenters. The van der Waals surface area contributed by atoms with Gasteiger partial charge in [-0.2, -0.15) is 0 Å². The summed E-state index contributed by atoms with van der Waals surface area (Å²) in [6, 6.07) is 0. The molecule has 0 bridgehead atoms. The molecule has 8 heterocycles. The van der Waals surface area contributed by atoms with Gasteiger partial charge in [-0.3, -0.25) is 31.5 Å². The van der Waals surface area contributed by atoms with Gasteiger partial charge in [0.2, 0.25) is 0 Å². The van der Waals surface area contributed by atoms with Crippen LogP contribution in [-0.2, 0) is 32.2 Å². The molecule has 49 heavy (non-hydrogen) atoms. The van der Waals surface area contributed by atoms with E-state index in [1.54, 1.807) is 27.4 Å². The maximum absolute atomic E-state index is 13.2. The number of aliphatic hydroxyl groups excluding tert-OH is 2. The van der Waals surface area contributed by atoms with Crippen LogP contribution in [0.3, 0.4) is 0 Å². The van der Waals surface area contributed by atoms with Crippen LogP contribution >= 0.6 is 15.6 Å². The lowest BCUT2D eigenvalue weighted by molar-refractivity contribution is -0.0548. The second-order valence-electron chi connectivity index (χ2n) is 11.2. The molecule has 2 aliphatic heterocycles. The SMILES string of the molecule is O=NP(=O)(O)OC[C@H]1O[C@@H](n2cnc3c2ncn2ccnc32)[C@H](O)[C@@H]1OP(=O)(O)OC[C@@H]1C[C@@H](O)[C@H](n2cnc3c2ncn2ccnc32)O1. The van der Waals surface area contributed by atoms with Gasteiger partial charge in [0.15, 0.2) is 46.1 Å². The summed E-state index contributed by atoms with van der Waals surface area (Å²) in [5.74, 6) is 0. The molecule has 2 fully saturated rings. The normalized spacial score (nSPS) is 28.5. The molecule has 0 radical (unpaired) electrons. The fourth-order valence-electron chi connectivity index (χ4n) is 5.92. The topological polar surface area (TPSA) is 287 Å². The molecule has 0 saturated carbocycles. The van der Waals surface area contributed by atoms with Crippen molar-refractivity contribution in [3.63, 3.8) is 0 Å². The molecule has 0 aromatic carbocycles. The van der Waals surface area contributed by atoms with Crippen LogP contribution in [-0.4, -0.2) is 112 Å². The maximum atomic E-state index is 13.2. The second-order valence-corrected chi connectivity index (χ2v) is 14.0. The first kappa shape index (κ1) is 32.1. The highest BCUT2D eigenvalue weighted by atomic mass is 31.2. The Hall–Kier alpha value is -4.12. The minimum Gasteiger partial charge on any atom is -0.388 e. The molecular weight excluding hydrogens is 696 g/mol. The summed E-state index contributed by atoms with van der Waals surface area (Å²) < 4.78 is 58.1. The van der Waals surface area contributed by atoms with E-state index in [0.717, 1.165) is 0 Å². The van der Waals surface area contributed by atoms with Crippen LogP contribution in [0.1, 0.15) is 18.9 Å². The van der Waals surface area contributed by atoms with Gasteiger partial charge in [-0.05, 0) is 0 Å². The summed E-state index contributed by atoms with van der Waals surface area (Å²) in [4.78, 5) is 58.8. The number of rotatable bonds is 11. The lowest BCUT2D eigenvalue weighted by Gasteiger charge is -2.24. The maximum Gasteiger partial charge on any atom is 0.487 e. The molecule has 2 saturated heterocycles. The number of phosphoric ester groups is 1. The van der Waals surface area contributed by atoms with Crippen molar-refractivity contribution in [3.05, 3.63) is 55.0 Å². The molecule has 2 aliphatic rings. The van der Waals surface area contributed by atoms with Crippen molar-refractivity contribution < 1.29 is 52.2 Å². The molecule has 4 N–H and O–H groups in total. The highest BCUT2D eigenvalue weighted by Crippen LogP contribution is 2.50. The number of aromatic nitrogens is 10. The lowest BCUT2D eigenvalue weighted by atomic mass is 10.1. The Morgan fingerprint density at radius 1 is 0.796 bits per heavy atom. The third-order valence-corrected chi connectivity index (χ3v) is 9.79. The Bertz CT molecular complexity index is 2290. The van der Waals surface area contributed by atoms with Crippen molar-refractivity contribution in [3.8, 4) is 0 Å². The van der Waals surface area contributed by atoms with E-state index in [-0.39, 0.29) is 12.1 Å². The first-order chi connectivity index (χ1) is 23.5.